The molecule has 3 fully saturated rings. The minimum absolute atomic E-state index is 0.810. The van der Waals surface area contributed by atoms with E-state index in [0.29, 0.717) is 0 Å². The summed E-state index contributed by atoms with van der Waals surface area (Å²) in [4.78, 5) is 12.2. The molecule has 2 bridgehead atoms. The highest BCUT2D eigenvalue weighted by atomic mass is 16.1. The quantitative estimate of drug-likeness (QED) is 0.544. The second-order valence-corrected chi connectivity index (χ2v) is 4.01. The summed E-state index contributed by atoms with van der Waals surface area (Å²) in [5.41, 5.74) is 0. The van der Waals surface area contributed by atoms with E-state index in [1.54, 1.807) is 5.94 Å². The molecule has 65 valence electrons. The van der Waals surface area contributed by atoms with Gasteiger partial charge >= 0.3 is 0 Å². The van der Waals surface area contributed by atoms with Gasteiger partial charge in [0.2, 0.25) is 0 Å². The molecule has 1 saturated carbocycles. The van der Waals surface area contributed by atoms with Crippen LogP contribution in [0.4, 0.5) is 0 Å². The van der Waals surface area contributed by atoms with Crippen LogP contribution in [0, 0.1) is 18.0 Å². The van der Waals surface area contributed by atoms with Gasteiger partial charge in [-0.3, -0.25) is 0 Å². The molecule has 3 rings (SSSR count). The van der Waals surface area contributed by atoms with Crippen molar-refractivity contribution in [3.05, 3.63) is 6.20 Å². The monoisotopic (exact) mass is 164 g/mol. The fourth-order valence-electron chi connectivity index (χ4n) is 2.45. The lowest BCUT2D eigenvalue weighted by Gasteiger charge is -2.20. The lowest BCUT2D eigenvalue weighted by atomic mass is 9.84. The summed E-state index contributed by atoms with van der Waals surface area (Å²) in [6.07, 6.45) is 8.05. The number of rotatable bonds is 1. The third-order valence-corrected chi connectivity index (χ3v) is 3.13. The molecule has 2 nitrogen and oxygen atoms in total. The van der Waals surface area contributed by atoms with Crippen LogP contribution < -0.4 is 0 Å². The van der Waals surface area contributed by atoms with Gasteiger partial charge in [0.15, 0.2) is 12.1 Å². The first-order chi connectivity index (χ1) is 5.88. The van der Waals surface area contributed by atoms with E-state index in [0.717, 1.165) is 24.9 Å². The third kappa shape index (κ3) is 1.54. The molecule has 0 amide bonds. The van der Waals surface area contributed by atoms with Gasteiger partial charge in [0.05, 0.1) is 0 Å². The predicted octanol–water partition coefficient (Wildman–Crippen LogP) is 1.26. The summed E-state index contributed by atoms with van der Waals surface area (Å²) in [6.45, 7) is 2.07. The molecule has 0 spiro atoms. The van der Waals surface area contributed by atoms with Crippen molar-refractivity contribution in [1.82, 2.24) is 4.90 Å². The summed E-state index contributed by atoms with van der Waals surface area (Å²) in [7, 11) is 0. The van der Waals surface area contributed by atoms with Crippen LogP contribution in [0.15, 0.2) is 0 Å². The van der Waals surface area contributed by atoms with Crippen LogP contribution in [-0.4, -0.2) is 23.9 Å². The molecule has 2 heterocycles. The van der Waals surface area contributed by atoms with Crippen molar-refractivity contribution in [2.75, 3.05) is 13.1 Å². The van der Waals surface area contributed by atoms with Crippen LogP contribution in [0.3, 0.4) is 0 Å². The van der Waals surface area contributed by atoms with E-state index in [-0.39, 0.29) is 0 Å². The number of nitrogens with zero attached hydrogens (tertiary/aromatic N) is 1. The van der Waals surface area contributed by atoms with E-state index in [4.69, 9.17) is 0 Å². The summed E-state index contributed by atoms with van der Waals surface area (Å²) >= 11 is 0. The van der Waals surface area contributed by atoms with E-state index in [1.807, 2.05) is 4.90 Å². The molecule has 1 aliphatic carbocycles. The van der Waals surface area contributed by atoms with E-state index < -0.39 is 0 Å². The summed E-state index contributed by atoms with van der Waals surface area (Å²) in [6, 6.07) is 0. The molecule has 12 heavy (non-hydrogen) atoms. The third-order valence-electron chi connectivity index (χ3n) is 3.13. The van der Waals surface area contributed by atoms with E-state index in [2.05, 4.69) is 6.20 Å². The van der Waals surface area contributed by atoms with Gasteiger partial charge in [-0.05, 0) is 37.5 Å². The molecule has 3 aliphatic rings. The van der Waals surface area contributed by atoms with Gasteiger partial charge in [-0.15, -0.1) is 0 Å². The Morgan fingerprint density at radius 3 is 1.92 bits per heavy atom. The smallest absolute Gasteiger partial charge is 0.158 e. The summed E-state index contributed by atoms with van der Waals surface area (Å²) in [5.74, 6) is 3.38. The molecule has 0 aromatic rings. The average molecular weight is 164 g/mol. The molecule has 0 aromatic heterocycles. The maximum absolute atomic E-state index is 10.1. The topological polar surface area (TPSA) is 20.3 Å². The molecule has 0 N–H and O–H groups in total. The fraction of sp³-hybridized carbons (Fsp3) is 0.800. The molecule has 2 aliphatic heterocycles. The van der Waals surface area contributed by atoms with Crippen LogP contribution in [0.1, 0.15) is 25.7 Å². The van der Waals surface area contributed by atoms with Crippen molar-refractivity contribution in [3.8, 4) is 0 Å². The van der Waals surface area contributed by atoms with E-state index in [1.165, 1.54) is 25.7 Å². The van der Waals surface area contributed by atoms with E-state index >= 15 is 0 Å². The molecular weight excluding hydrogens is 150 g/mol. The molecule has 0 unspecified atom stereocenters. The minimum atomic E-state index is 0.810. The zero-order valence-electron chi connectivity index (χ0n) is 7.25. The van der Waals surface area contributed by atoms with Crippen molar-refractivity contribution in [1.29, 1.82) is 0 Å². The summed E-state index contributed by atoms with van der Waals surface area (Å²) < 4.78 is 0. The Hall–Kier alpha value is -0.750. The first-order valence-electron chi connectivity index (χ1n) is 4.76. The molecule has 0 aromatic carbocycles. The lowest BCUT2D eigenvalue weighted by molar-refractivity contribution is 0.326. The Morgan fingerprint density at radius 2 is 1.50 bits per heavy atom. The maximum Gasteiger partial charge on any atom is 0.158 e. The first kappa shape index (κ1) is 7.88. The molecular formula is C10H14NO. The Morgan fingerprint density at radius 1 is 1.00 bits per heavy atom. The Bertz CT molecular complexity index is 186. The molecule has 1 radical (unpaired) electrons. The number of hydrogen-bond acceptors (Lipinski definition) is 2. The lowest BCUT2D eigenvalue weighted by Crippen LogP contribution is -2.23. The average Bonchev–Trinajstić information content (AvgIpc) is 2.36. The number of fused-ring (bicyclic) bond motifs is 4. The van der Waals surface area contributed by atoms with Crippen molar-refractivity contribution in [2.24, 2.45) is 11.8 Å². The van der Waals surface area contributed by atoms with Gasteiger partial charge in [-0.25, -0.2) is 4.79 Å². The van der Waals surface area contributed by atoms with Gasteiger partial charge in [-0.1, -0.05) is 0 Å². The van der Waals surface area contributed by atoms with Crippen LogP contribution in [0.25, 0.3) is 0 Å². The zero-order chi connectivity index (χ0) is 8.39. The normalized spacial score (nSPS) is 34.2. The second kappa shape index (κ2) is 3.32. The zero-order valence-corrected chi connectivity index (χ0v) is 7.25. The van der Waals surface area contributed by atoms with Crippen molar-refractivity contribution in [3.63, 3.8) is 0 Å². The van der Waals surface area contributed by atoms with Gasteiger partial charge in [0.1, 0.15) is 0 Å². The van der Waals surface area contributed by atoms with Gasteiger partial charge in [-0.2, -0.15) is 0 Å². The van der Waals surface area contributed by atoms with Crippen molar-refractivity contribution in [2.45, 2.75) is 25.7 Å². The second-order valence-electron chi connectivity index (χ2n) is 4.01. The number of hydrogen-bond donors (Lipinski definition) is 0. The number of carbonyl (C=O) groups excluding carboxylic acids is 1. The van der Waals surface area contributed by atoms with E-state index in [9.17, 15) is 4.79 Å². The summed E-state index contributed by atoms with van der Waals surface area (Å²) in [5, 5.41) is 0. The molecule has 2 heteroatoms. The van der Waals surface area contributed by atoms with Gasteiger partial charge in [0, 0.05) is 13.1 Å². The van der Waals surface area contributed by atoms with Crippen molar-refractivity contribution < 1.29 is 4.79 Å². The predicted molar refractivity (Wildman–Crippen MR) is 46.0 cm³/mol. The van der Waals surface area contributed by atoms with Gasteiger partial charge in [0.25, 0.3) is 0 Å². The fourth-order valence-corrected chi connectivity index (χ4v) is 2.45. The first-order valence-corrected chi connectivity index (χ1v) is 4.76. The highest BCUT2D eigenvalue weighted by Crippen LogP contribution is 2.33. The van der Waals surface area contributed by atoms with Crippen LogP contribution in [0.2, 0.25) is 0 Å². The molecule has 2 saturated heterocycles. The van der Waals surface area contributed by atoms with Gasteiger partial charge < -0.3 is 4.90 Å². The SMILES string of the molecule is O=C=[C]N1CC2CCC(CC2)C1. The highest BCUT2D eigenvalue weighted by Gasteiger charge is 2.28. The Balaban J connectivity index is 2.06. The Kier molecular flexibility index (Phi) is 2.18. The Labute approximate surface area is 73.2 Å². The van der Waals surface area contributed by atoms with Crippen molar-refractivity contribution >= 4 is 5.94 Å². The van der Waals surface area contributed by atoms with Crippen LogP contribution in [0.5, 0.6) is 0 Å². The molecule has 0 atom stereocenters. The maximum atomic E-state index is 10.1. The highest BCUT2D eigenvalue weighted by molar-refractivity contribution is 5.40. The minimum Gasteiger partial charge on any atom is -0.360 e. The van der Waals surface area contributed by atoms with Crippen LogP contribution in [-0.2, 0) is 4.79 Å². The largest absolute Gasteiger partial charge is 0.360 e. The van der Waals surface area contributed by atoms with Crippen LogP contribution >= 0.6 is 0 Å². The standard InChI is InChI=1S/C10H14NO/c12-6-5-11-7-9-1-2-10(8-11)4-3-9/h9-10H,1-4,7-8H2.